The number of hydrogen-bond donors (Lipinski definition) is 0. The quantitative estimate of drug-likeness (QED) is 0.560. The molecule has 0 radical (unpaired) electrons. The highest BCUT2D eigenvalue weighted by Gasteiger charge is 2.33. The van der Waals surface area contributed by atoms with Crippen LogP contribution in [0.15, 0.2) is 35.6 Å². The van der Waals surface area contributed by atoms with Crippen LogP contribution in [-0.2, 0) is 23.8 Å². The number of hydrogen-bond acceptors (Lipinski definition) is 5. The summed E-state index contributed by atoms with van der Waals surface area (Å²) in [5.41, 5.74) is 0.817. The fourth-order valence-corrected chi connectivity index (χ4v) is 1.77. The van der Waals surface area contributed by atoms with Gasteiger partial charge in [-0.3, -0.25) is 4.79 Å². The van der Waals surface area contributed by atoms with Crippen LogP contribution < -0.4 is 0 Å². The van der Waals surface area contributed by atoms with Crippen molar-refractivity contribution in [3.05, 3.63) is 35.6 Å². The van der Waals surface area contributed by atoms with Crippen molar-refractivity contribution in [3.8, 4) is 0 Å². The van der Waals surface area contributed by atoms with E-state index in [4.69, 9.17) is 14.2 Å². The summed E-state index contributed by atoms with van der Waals surface area (Å²) in [6, 6.07) is 0. The Morgan fingerprint density at radius 1 is 1.26 bits per heavy atom. The van der Waals surface area contributed by atoms with Gasteiger partial charge >= 0.3 is 11.9 Å². The van der Waals surface area contributed by atoms with Crippen molar-refractivity contribution in [3.63, 3.8) is 0 Å². The smallest absolute Gasteiger partial charge is 0.335 e. The second-order valence-electron chi connectivity index (χ2n) is 3.74. The Balaban J connectivity index is 3.07. The molecular formula is C14H18O5. The number of ether oxygens (including phenoxy) is 3. The molecule has 0 amide bonds. The van der Waals surface area contributed by atoms with E-state index in [0.717, 1.165) is 0 Å². The van der Waals surface area contributed by atoms with Crippen molar-refractivity contribution in [2.24, 2.45) is 5.92 Å². The molecule has 0 saturated carbocycles. The fraction of sp³-hybridized carbons (Fsp3) is 0.429. The van der Waals surface area contributed by atoms with Crippen molar-refractivity contribution >= 4 is 11.9 Å². The molecule has 0 aliphatic heterocycles. The van der Waals surface area contributed by atoms with Crippen LogP contribution >= 0.6 is 0 Å². The third-order valence-electron chi connectivity index (χ3n) is 2.50. The maximum atomic E-state index is 12.0. The zero-order chi connectivity index (χ0) is 14.3. The highest BCUT2D eigenvalue weighted by Crippen LogP contribution is 2.28. The van der Waals surface area contributed by atoms with Crippen LogP contribution in [0.2, 0.25) is 0 Å². The summed E-state index contributed by atoms with van der Waals surface area (Å²) in [6.07, 6.45) is 6.36. The molecule has 0 fully saturated rings. The molecule has 5 nitrogen and oxygen atoms in total. The summed E-state index contributed by atoms with van der Waals surface area (Å²) < 4.78 is 14.9. The van der Waals surface area contributed by atoms with E-state index in [2.05, 4.69) is 0 Å². The lowest BCUT2D eigenvalue weighted by Gasteiger charge is -2.21. The lowest BCUT2D eigenvalue weighted by Crippen LogP contribution is -2.27. The number of carbonyl (C=O) groups is 2. The third kappa shape index (κ3) is 3.71. The molecule has 1 aliphatic carbocycles. The molecule has 5 heteroatoms. The predicted octanol–water partition coefficient (Wildman–Crippen LogP) is 1.76. The summed E-state index contributed by atoms with van der Waals surface area (Å²) in [7, 11) is 1.48. The van der Waals surface area contributed by atoms with Crippen LogP contribution in [0.1, 0.15) is 13.8 Å². The molecule has 0 heterocycles. The van der Waals surface area contributed by atoms with Gasteiger partial charge in [-0.15, -0.1) is 0 Å². The Morgan fingerprint density at radius 2 is 1.95 bits per heavy atom. The van der Waals surface area contributed by atoms with E-state index in [-0.39, 0.29) is 18.8 Å². The van der Waals surface area contributed by atoms with Gasteiger partial charge in [0.2, 0.25) is 0 Å². The second kappa shape index (κ2) is 7.41. The van der Waals surface area contributed by atoms with E-state index < -0.39 is 17.9 Å². The van der Waals surface area contributed by atoms with Crippen molar-refractivity contribution in [2.75, 3.05) is 20.3 Å². The van der Waals surface area contributed by atoms with E-state index in [0.29, 0.717) is 5.57 Å². The molecule has 0 bridgehead atoms. The van der Waals surface area contributed by atoms with E-state index in [1.54, 1.807) is 32.1 Å². The maximum Gasteiger partial charge on any atom is 0.335 e. The molecule has 104 valence electrons. The highest BCUT2D eigenvalue weighted by atomic mass is 16.5. The van der Waals surface area contributed by atoms with Gasteiger partial charge in [-0.25, -0.2) is 4.79 Å². The summed E-state index contributed by atoms with van der Waals surface area (Å²) >= 11 is 0. The van der Waals surface area contributed by atoms with Gasteiger partial charge in [0.05, 0.1) is 32.2 Å². The number of rotatable bonds is 5. The first-order chi connectivity index (χ1) is 9.15. The molecule has 0 saturated heterocycles. The average molecular weight is 266 g/mol. The lowest BCUT2D eigenvalue weighted by molar-refractivity contribution is -0.148. The highest BCUT2D eigenvalue weighted by molar-refractivity contribution is 5.98. The Bertz CT molecular complexity index is 431. The second-order valence-corrected chi connectivity index (χ2v) is 3.74. The molecular weight excluding hydrogens is 248 g/mol. The number of methoxy groups -OCH3 is 1. The zero-order valence-electron chi connectivity index (χ0n) is 11.3. The Kier molecular flexibility index (Phi) is 5.85. The first kappa shape index (κ1) is 15.0. The van der Waals surface area contributed by atoms with E-state index in [1.165, 1.54) is 13.4 Å². The van der Waals surface area contributed by atoms with E-state index in [1.807, 2.05) is 0 Å². The monoisotopic (exact) mass is 266 g/mol. The lowest BCUT2D eigenvalue weighted by atomic mass is 9.87. The van der Waals surface area contributed by atoms with Crippen molar-refractivity contribution in [2.45, 2.75) is 13.8 Å². The number of esters is 2. The molecule has 1 rings (SSSR count). The van der Waals surface area contributed by atoms with Crippen molar-refractivity contribution in [1.29, 1.82) is 0 Å². The van der Waals surface area contributed by atoms with Gasteiger partial charge in [-0.1, -0.05) is 18.2 Å². The van der Waals surface area contributed by atoms with Gasteiger partial charge in [0.25, 0.3) is 0 Å². The predicted molar refractivity (Wildman–Crippen MR) is 69.1 cm³/mol. The van der Waals surface area contributed by atoms with Gasteiger partial charge in [0.15, 0.2) is 0 Å². The average Bonchev–Trinajstić information content (AvgIpc) is 2.39. The van der Waals surface area contributed by atoms with Crippen LogP contribution in [0.4, 0.5) is 0 Å². The van der Waals surface area contributed by atoms with E-state index >= 15 is 0 Å². The van der Waals surface area contributed by atoms with Crippen LogP contribution in [0.5, 0.6) is 0 Å². The molecule has 0 N–H and O–H groups in total. The van der Waals surface area contributed by atoms with E-state index in [9.17, 15) is 9.59 Å². The molecule has 0 aromatic heterocycles. The van der Waals surface area contributed by atoms with Gasteiger partial charge < -0.3 is 14.2 Å². The van der Waals surface area contributed by atoms with Crippen molar-refractivity contribution < 1.29 is 23.8 Å². The SMILES string of the molecule is CCOC(=O)C1=CC=CC(=COC)C1C(=O)OCC. The third-order valence-corrected chi connectivity index (χ3v) is 2.50. The molecule has 1 atom stereocenters. The van der Waals surface area contributed by atoms with Gasteiger partial charge in [0, 0.05) is 5.57 Å². The minimum absolute atomic E-state index is 0.245. The first-order valence-electron chi connectivity index (χ1n) is 6.10. The fourth-order valence-electron chi connectivity index (χ4n) is 1.77. The van der Waals surface area contributed by atoms with Crippen LogP contribution in [0.3, 0.4) is 0 Å². The normalized spacial score (nSPS) is 19.8. The Labute approximate surface area is 112 Å². The Morgan fingerprint density at radius 3 is 2.53 bits per heavy atom. The summed E-state index contributed by atoms with van der Waals surface area (Å²) in [5.74, 6) is -1.81. The molecule has 0 aromatic carbocycles. The molecule has 19 heavy (non-hydrogen) atoms. The number of carbonyl (C=O) groups excluding carboxylic acids is 2. The molecule has 0 aromatic rings. The van der Waals surface area contributed by atoms with Crippen LogP contribution in [0, 0.1) is 5.92 Å². The van der Waals surface area contributed by atoms with Crippen LogP contribution in [-0.4, -0.2) is 32.3 Å². The maximum absolute atomic E-state index is 12.0. The standard InChI is InChI=1S/C14H18O5/c1-4-18-13(15)11-8-6-7-10(9-17-3)12(11)14(16)19-5-2/h6-9,12H,4-5H2,1-3H3. The minimum atomic E-state index is -0.802. The van der Waals surface area contributed by atoms with Gasteiger partial charge in [-0.05, 0) is 13.8 Å². The van der Waals surface area contributed by atoms with Crippen molar-refractivity contribution in [1.82, 2.24) is 0 Å². The van der Waals surface area contributed by atoms with Gasteiger partial charge in [-0.2, -0.15) is 0 Å². The molecule has 1 aliphatic rings. The summed E-state index contributed by atoms with van der Waals surface area (Å²) in [6.45, 7) is 3.92. The molecule has 1 unspecified atom stereocenters. The van der Waals surface area contributed by atoms with Gasteiger partial charge in [0.1, 0.15) is 5.92 Å². The molecule has 0 spiro atoms. The Hall–Kier alpha value is -2.04. The zero-order valence-corrected chi connectivity index (χ0v) is 11.3. The summed E-state index contributed by atoms with van der Waals surface area (Å²) in [4.78, 5) is 23.9. The topological polar surface area (TPSA) is 61.8 Å². The minimum Gasteiger partial charge on any atom is -0.504 e. The number of allylic oxidation sites excluding steroid dienone is 3. The largest absolute Gasteiger partial charge is 0.504 e. The summed E-state index contributed by atoms with van der Waals surface area (Å²) in [5, 5.41) is 0. The first-order valence-corrected chi connectivity index (χ1v) is 6.10. The van der Waals surface area contributed by atoms with Crippen LogP contribution in [0.25, 0.3) is 0 Å².